The third-order valence-electron chi connectivity index (χ3n) is 6.89. The quantitative estimate of drug-likeness (QED) is 0.339. The number of rotatable bonds is 7. The molecule has 10 heteroatoms. The van der Waals surface area contributed by atoms with Gasteiger partial charge >= 0.3 is 0 Å². The molecule has 0 bridgehead atoms. The van der Waals surface area contributed by atoms with Crippen molar-refractivity contribution in [2.75, 3.05) is 49.6 Å². The van der Waals surface area contributed by atoms with Crippen LogP contribution in [0.3, 0.4) is 0 Å². The van der Waals surface area contributed by atoms with Gasteiger partial charge in [-0.1, -0.05) is 0 Å². The van der Waals surface area contributed by atoms with Gasteiger partial charge in [-0.15, -0.1) is 0 Å². The van der Waals surface area contributed by atoms with Gasteiger partial charge in [-0.05, 0) is 55.8 Å². The fraction of sp³-hybridized carbons (Fsp3) is 0.333. The number of fused-ring (bicyclic) bond motifs is 1. The van der Waals surface area contributed by atoms with Crippen LogP contribution in [0.25, 0.3) is 10.9 Å². The second-order valence-electron chi connectivity index (χ2n) is 9.37. The van der Waals surface area contributed by atoms with Crippen LogP contribution in [0.4, 0.5) is 21.6 Å². The Bertz CT molecular complexity index is 1400. The Balaban J connectivity index is 1.31. The molecule has 2 aliphatic heterocycles. The molecule has 3 N–H and O–H groups in total. The molecule has 1 atom stereocenters. The van der Waals surface area contributed by atoms with Crippen LogP contribution >= 0.6 is 0 Å². The third-order valence-corrected chi connectivity index (χ3v) is 6.89. The number of aliphatic hydroxyl groups excluding tert-OH is 1. The van der Waals surface area contributed by atoms with Gasteiger partial charge in [0.15, 0.2) is 11.6 Å². The van der Waals surface area contributed by atoms with Crippen LogP contribution in [-0.4, -0.2) is 64.4 Å². The standard InChI is InChI=1S/C27H29FN6O3/c1-17-15-20-21(31-17)7-8-22(24(20)28)37-26-23(27(35)34-9-2-10-34)25(29-16-30-26)32-18-3-5-19(6-4-18)33-11-13-36-14-12-33/h3-8,15-16,27,31,35H,2,9-14H2,1H3,(H,29,30,32). The summed E-state index contributed by atoms with van der Waals surface area (Å²) in [5.41, 5.74) is 3.83. The van der Waals surface area contributed by atoms with Crippen molar-refractivity contribution in [2.24, 2.45) is 0 Å². The molecule has 0 amide bonds. The Morgan fingerprint density at radius 2 is 1.86 bits per heavy atom. The molecule has 2 aromatic carbocycles. The first-order chi connectivity index (χ1) is 18.1. The molecule has 0 aliphatic carbocycles. The van der Waals surface area contributed by atoms with Crippen LogP contribution in [0, 0.1) is 12.7 Å². The van der Waals surface area contributed by atoms with E-state index in [1.807, 2.05) is 36.1 Å². The number of ether oxygens (including phenoxy) is 2. The number of hydrogen-bond donors (Lipinski definition) is 3. The normalized spacial score (nSPS) is 17.0. The summed E-state index contributed by atoms with van der Waals surface area (Å²) < 4.78 is 26.7. The molecule has 2 aliphatic rings. The van der Waals surface area contributed by atoms with E-state index in [-0.39, 0.29) is 11.6 Å². The van der Waals surface area contributed by atoms with Gasteiger partial charge in [-0.25, -0.2) is 14.4 Å². The fourth-order valence-electron chi connectivity index (χ4n) is 4.75. The first-order valence-corrected chi connectivity index (χ1v) is 12.5. The van der Waals surface area contributed by atoms with Crippen molar-refractivity contribution in [1.82, 2.24) is 19.9 Å². The number of nitrogens with one attached hydrogen (secondary N) is 2. The summed E-state index contributed by atoms with van der Waals surface area (Å²) in [5.74, 6) is 0.0518. The summed E-state index contributed by atoms with van der Waals surface area (Å²) in [7, 11) is 0. The molecule has 4 aromatic rings. The molecule has 192 valence electrons. The highest BCUT2D eigenvalue weighted by Crippen LogP contribution is 2.38. The number of aromatic nitrogens is 3. The van der Waals surface area contributed by atoms with E-state index >= 15 is 4.39 Å². The predicted molar refractivity (Wildman–Crippen MR) is 139 cm³/mol. The van der Waals surface area contributed by atoms with Gasteiger partial charge < -0.3 is 29.8 Å². The number of hydrogen-bond acceptors (Lipinski definition) is 8. The number of likely N-dealkylation sites (tertiary alicyclic amines) is 1. The number of aromatic amines is 1. The van der Waals surface area contributed by atoms with Gasteiger partial charge in [-0.3, -0.25) is 4.90 Å². The molecular weight excluding hydrogens is 475 g/mol. The number of H-pyrrole nitrogens is 1. The number of aliphatic hydroxyl groups is 1. The lowest BCUT2D eigenvalue weighted by atomic mass is 10.1. The SMILES string of the molecule is Cc1cc2c(F)c(Oc3ncnc(Nc4ccc(N5CCOCC5)cc4)c3C(O)N3CCC3)ccc2[nH]1. The highest BCUT2D eigenvalue weighted by Gasteiger charge is 2.30. The van der Waals surface area contributed by atoms with Crippen LogP contribution in [0.1, 0.15) is 23.9 Å². The van der Waals surface area contributed by atoms with E-state index in [9.17, 15) is 5.11 Å². The molecule has 9 nitrogen and oxygen atoms in total. The molecule has 6 rings (SSSR count). The van der Waals surface area contributed by atoms with E-state index < -0.39 is 12.0 Å². The largest absolute Gasteiger partial charge is 0.435 e. The number of halogens is 1. The van der Waals surface area contributed by atoms with Crippen molar-refractivity contribution in [1.29, 1.82) is 0 Å². The Kier molecular flexibility index (Phi) is 6.37. The lowest BCUT2D eigenvalue weighted by Crippen LogP contribution is -2.40. The minimum atomic E-state index is -0.999. The Labute approximate surface area is 213 Å². The van der Waals surface area contributed by atoms with Crippen molar-refractivity contribution in [3.63, 3.8) is 0 Å². The Hall–Kier alpha value is -3.73. The zero-order valence-electron chi connectivity index (χ0n) is 20.6. The van der Waals surface area contributed by atoms with E-state index in [0.717, 1.165) is 62.9 Å². The number of morpholine rings is 1. The lowest BCUT2D eigenvalue weighted by molar-refractivity contribution is -0.0375. The van der Waals surface area contributed by atoms with Gasteiger partial charge in [0, 0.05) is 54.2 Å². The number of nitrogens with zero attached hydrogens (tertiary/aromatic N) is 4. The van der Waals surface area contributed by atoms with Gasteiger partial charge in [0.2, 0.25) is 5.88 Å². The summed E-state index contributed by atoms with van der Waals surface area (Å²) in [6.07, 6.45) is 1.34. The topological polar surface area (TPSA) is 98.8 Å². The van der Waals surface area contributed by atoms with Crippen LogP contribution in [0.15, 0.2) is 48.8 Å². The van der Waals surface area contributed by atoms with Gasteiger partial charge in [0.25, 0.3) is 0 Å². The maximum atomic E-state index is 15.3. The van der Waals surface area contributed by atoms with E-state index in [2.05, 4.69) is 25.2 Å². The minimum absolute atomic E-state index is 0.0306. The molecule has 0 radical (unpaired) electrons. The second-order valence-corrected chi connectivity index (χ2v) is 9.37. The molecule has 2 saturated heterocycles. The molecule has 2 fully saturated rings. The zero-order valence-corrected chi connectivity index (χ0v) is 20.6. The Morgan fingerprint density at radius 1 is 1.08 bits per heavy atom. The summed E-state index contributed by atoms with van der Waals surface area (Å²) in [4.78, 5) is 16.0. The summed E-state index contributed by atoms with van der Waals surface area (Å²) in [5, 5.41) is 15.0. The van der Waals surface area contributed by atoms with E-state index in [1.54, 1.807) is 18.2 Å². The summed E-state index contributed by atoms with van der Waals surface area (Å²) in [6.45, 7) is 6.51. The van der Waals surface area contributed by atoms with Gasteiger partial charge in [-0.2, -0.15) is 0 Å². The van der Waals surface area contributed by atoms with E-state index in [0.29, 0.717) is 22.3 Å². The highest BCUT2D eigenvalue weighted by atomic mass is 19.1. The van der Waals surface area contributed by atoms with Crippen molar-refractivity contribution in [3.05, 3.63) is 65.9 Å². The average Bonchev–Trinajstić information content (AvgIpc) is 3.27. The van der Waals surface area contributed by atoms with Crippen molar-refractivity contribution >= 4 is 28.1 Å². The fourth-order valence-corrected chi connectivity index (χ4v) is 4.75. The van der Waals surface area contributed by atoms with Crippen LogP contribution in [0.2, 0.25) is 0 Å². The first kappa shape index (κ1) is 23.7. The van der Waals surface area contributed by atoms with E-state index in [4.69, 9.17) is 9.47 Å². The van der Waals surface area contributed by atoms with Crippen molar-refractivity contribution in [3.8, 4) is 11.6 Å². The van der Waals surface area contributed by atoms with Crippen molar-refractivity contribution in [2.45, 2.75) is 19.6 Å². The average molecular weight is 505 g/mol. The number of anilines is 3. The van der Waals surface area contributed by atoms with Crippen LogP contribution < -0.4 is 15.0 Å². The summed E-state index contributed by atoms with van der Waals surface area (Å²) >= 11 is 0. The predicted octanol–water partition coefficient (Wildman–Crippen LogP) is 4.47. The molecule has 4 heterocycles. The van der Waals surface area contributed by atoms with Crippen molar-refractivity contribution < 1.29 is 19.0 Å². The third kappa shape index (κ3) is 4.71. The monoisotopic (exact) mass is 504 g/mol. The molecule has 2 aromatic heterocycles. The maximum Gasteiger partial charge on any atom is 0.231 e. The lowest BCUT2D eigenvalue weighted by Gasteiger charge is -2.36. The molecular formula is C27H29FN6O3. The summed E-state index contributed by atoms with van der Waals surface area (Å²) in [6, 6.07) is 13.1. The van der Waals surface area contributed by atoms with Crippen LogP contribution in [0.5, 0.6) is 11.6 Å². The van der Waals surface area contributed by atoms with Crippen LogP contribution in [-0.2, 0) is 4.74 Å². The maximum absolute atomic E-state index is 15.3. The molecule has 37 heavy (non-hydrogen) atoms. The van der Waals surface area contributed by atoms with Gasteiger partial charge in [0.05, 0.1) is 13.2 Å². The number of aryl methyl sites for hydroxylation is 1. The second kappa shape index (κ2) is 9.97. The molecule has 1 unspecified atom stereocenters. The van der Waals surface area contributed by atoms with Gasteiger partial charge in [0.1, 0.15) is 23.9 Å². The molecule has 0 spiro atoms. The Morgan fingerprint density at radius 3 is 2.59 bits per heavy atom. The molecule has 0 saturated carbocycles. The van der Waals surface area contributed by atoms with E-state index in [1.165, 1.54) is 6.33 Å². The zero-order chi connectivity index (χ0) is 25.4. The highest BCUT2D eigenvalue weighted by molar-refractivity contribution is 5.83. The smallest absolute Gasteiger partial charge is 0.231 e. The first-order valence-electron chi connectivity index (χ1n) is 12.5. The number of benzene rings is 2. The minimum Gasteiger partial charge on any atom is -0.435 e.